The molecule has 0 saturated heterocycles. The number of aliphatic carboxylic acids is 1. The van der Waals surface area contributed by atoms with Crippen molar-refractivity contribution in [3.05, 3.63) is 59.3 Å². The van der Waals surface area contributed by atoms with Crippen molar-refractivity contribution < 1.29 is 24.0 Å². The largest absolute Gasteiger partial charge is 0.479 e. The average molecular weight is 358 g/mol. The summed E-state index contributed by atoms with van der Waals surface area (Å²) in [5, 5.41) is 12.4. The molecule has 26 heavy (non-hydrogen) atoms. The Bertz CT molecular complexity index is 764. The summed E-state index contributed by atoms with van der Waals surface area (Å²) in [5.41, 5.74) is 2.43. The fourth-order valence-corrected chi connectivity index (χ4v) is 2.31. The lowest BCUT2D eigenvalue weighted by molar-refractivity contribution is -0.152. The van der Waals surface area contributed by atoms with E-state index in [1.165, 1.54) is 18.4 Å². The number of esters is 1. The molecule has 1 aromatic heterocycles. The molecular formula is C19H22N2O5. The van der Waals surface area contributed by atoms with Gasteiger partial charge in [0.1, 0.15) is 0 Å². The first-order valence-corrected chi connectivity index (χ1v) is 8.44. The molecule has 2 aromatic rings. The van der Waals surface area contributed by atoms with E-state index in [2.05, 4.69) is 40.5 Å². The van der Waals surface area contributed by atoms with Crippen LogP contribution < -0.4 is 0 Å². The Labute approximate surface area is 151 Å². The van der Waals surface area contributed by atoms with Crippen LogP contribution in [0.4, 0.5) is 0 Å². The Kier molecular flexibility index (Phi) is 7.08. The van der Waals surface area contributed by atoms with E-state index in [1.807, 2.05) is 12.1 Å². The summed E-state index contributed by atoms with van der Waals surface area (Å²) in [6.07, 6.45) is 3.95. The second-order valence-electron chi connectivity index (χ2n) is 5.95. The molecule has 7 nitrogen and oxygen atoms in total. The fourth-order valence-electron chi connectivity index (χ4n) is 2.31. The van der Waals surface area contributed by atoms with Crippen molar-refractivity contribution >= 4 is 11.9 Å². The molecule has 1 aromatic carbocycles. The molecule has 0 fully saturated rings. The van der Waals surface area contributed by atoms with E-state index in [0.29, 0.717) is 12.2 Å². The van der Waals surface area contributed by atoms with E-state index in [1.54, 1.807) is 0 Å². The van der Waals surface area contributed by atoms with Gasteiger partial charge in [0.25, 0.3) is 0 Å². The van der Waals surface area contributed by atoms with E-state index >= 15 is 0 Å². The van der Waals surface area contributed by atoms with E-state index in [-0.39, 0.29) is 17.9 Å². The SMILES string of the molecule is C=C(Cc1nc(Cc2ccc(CCCC)cc2)no1)C(=O)OCC(=O)O. The third-order valence-corrected chi connectivity index (χ3v) is 3.69. The van der Waals surface area contributed by atoms with Gasteiger partial charge in [-0.25, -0.2) is 9.59 Å². The number of nitrogens with zero attached hydrogens (tertiary/aromatic N) is 2. The zero-order valence-corrected chi connectivity index (χ0v) is 14.7. The van der Waals surface area contributed by atoms with Gasteiger partial charge < -0.3 is 14.4 Å². The molecule has 0 amide bonds. The van der Waals surface area contributed by atoms with Crippen LogP contribution in [0, 0.1) is 0 Å². The molecule has 0 saturated carbocycles. The Morgan fingerprint density at radius 3 is 2.58 bits per heavy atom. The maximum Gasteiger partial charge on any atom is 0.341 e. The highest BCUT2D eigenvalue weighted by molar-refractivity contribution is 5.89. The van der Waals surface area contributed by atoms with E-state index in [4.69, 9.17) is 9.63 Å². The highest BCUT2D eigenvalue weighted by Gasteiger charge is 2.15. The smallest absolute Gasteiger partial charge is 0.341 e. The van der Waals surface area contributed by atoms with Gasteiger partial charge in [0.2, 0.25) is 5.89 Å². The molecule has 0 radical (unpaired) electrons. The Morgan fingerprint density at radius 1 is 1.23 bits per heavy atom. The van der Waals surface area contributed by atoms with E-state index in [9.17, 15) is 9.59 Å². The summed E-state index contributed by atoms with van der Waals surface area (Å²) in [7, 11) is 0. The topological polar surface area (TPSA) is 103 Å². The van der Waals surface area contributed by atoms with Gasteiger partial charge in [-0.3, -0.25) is 0 Å². The van der Waals surface area contributed by atoms with Crippen LogP contribution >= 0.6 is 0 Å². The number of aryl methyl sites for hydroxylation is 1. The molecule has 0 atom stereocenters. The van der Waals surface area contributed by atoms with Crippen LogP contribution in [-0.4, -0.2) is 33.8 Å². The van der Waals surface area contributed by atoms with Crippen molar-refractivity contribution in [2.45, 2.75) is 39.0 Å². The molecule has 0 aliphatic heterocycles. The average Bonchev–Trinajstić information content (AvgIpc) is 3.05. The van der Waals surface area contributed by atoms with Crippen molar-refractivity contribution in [3.63, 3.8) is 0 Å². The predicted molar refractivity (Wildman–Crippen MR) is 93.6 cm³/mol. The number of carbonyl (C=O) groups excluding carboxylic acids is 1. The fraction of sp³-hybridized carbons (Fsp3) is 0.368. The molecule has 0 aliphatic carbocycles. The quantitative estimate of drug-likeness (QED) is 0.514. The number of hydrogen-bond donors (Lipinski definition) is 1. The molecular weight excluding hydrogens is 336 g/mol. The minimum absolute atomic E-state index is 0.0153. The second kappa shape index (κ2) is 9.50. The van der Waals surface area contributed by atoms with Gasteiger partial charge in [-0.15, -0.1) is 0 Å². The first kappa shape index (κ1) is 19.4. The highest BCUT2D eigenvalue weighted by atomic mass is 16.5. The van der Waals surface area contributed by atoms with Gasteiger partial charge in [-0.1, -0.05) is 49.3 Å². The highest BCUT2D eigenvalue weighted by Crippen LogP contribution is 2.12. The van der Waals surface area contributed by atoms with Gasteiger partial charge in [-0.05, 0) is 24.0 Å². The van der Waals surface area contributed by atoms with Gasteiger partial charge in [0, 0.05) is 12.0 Å². The summed E-state index contributed by atoms with van der Waals surface area (Å²) in [6.45, 7) is 5.02. The number of ether oxygens (including phenoxy) is 1. The molecule has 138 valence electrons. The Hall–Kier alpha value is -2.96. The van der Waals surface area contributed by atoms with E-state index in [0.717, 1.165) is 12.0 Å². The predicted octanol–water partition coefficient (Wildman–Crippen LogP) is 2.73. The summed E-state index contributed by atoms with van der Waals surface area (Å²) >= 11 is 0. The minimum atomic E-state index is -1.23. The first-order valence-electron chi connectivity index (χ1n) is 8.44. The molecule has 0 aliphatic rings. The van der Waals surface area contributed by atoms with E-state index < -0.39 is 18.5 Å². The molecule has 7 heteroatoms. The van der Waals surface area contributed by atoms with Gasteiger partial charge >= 0.3 is 11.9 Å². The van der Waals surface area contributed by atoms with Crippen molar-refractivity contribution in [2.24, 2.45) is 0 Å². The molecule has 0 unspecified atom stereocenters. The van der Waals surface area contributed by atoms with Crippen molar-refractivity contribution in [3.8, 4) is 0 Å². The summed E-state index contributed by atoms with van der Waals surface area (Å²) in [6, 6.07) is 8.30. The minimum Gasteiger partial charge on any atom is -0.479 e. The molecule has 0 spiro atoms. The zero-order valence-electron chi connectivity index (χ0n) is 14.7. The summed E-state index contributed by atoms with van der Waals surface area (Å²) in [4.78, 5) is 26.2. The first-order chi connectivity index (χ1) is 12.5. The van der Waals surface area contributed by atoms with Crippen LogP contribution in [0.5, 0.6) is 0 Å². The molecule has 2 rings (SSSR count). The lowest BCUT2D eigenvalue weighted by Gasteiger charge is -2.02. The Morgan fingerprint density at radius 2 is 1.92 bits per heavy atom. The van der Waals surface area contributed by atoms with Gasteiger partial charge in [0.05, 0.1) is 6.42 Å². The molecule has 1 heterocycles. The number of carbonyl (C=O) groups is 2. The van der Waals surface area contributed by atoms with Crippen LogP contribution in [-0.2, 0) is 33.6 Å². The number of unbranched alkanes of at least 4 members (excludes halogenated alkanes) is 1. The van der Waals surface area contributed by atoms with Crippen LogP contribution in [0.15, 0.2) is 40.9 Å². The number of carboxylic acids is 1. The van der Waals surface area contributed by atoms with Crippen LogP contribution in [0.1, 0.15) is 42.6 Å². The van der Waals surface area contributed by atoms with Gasteiger partial charge in [0.15, 0.2) is 12.4 Å². The number of benzene rings is 1. The summed E-state index contributed by atoms with van der Waals surface area (Å²) < 4.78 is 9.67. The maximum atomic E-state index is 11.6. The number of carboxylic acid groups (broad SMARTS) is 1. The number of aromatic nitrogens is 2. The molecule has 0 bridgehead atoms. The zero-order chi connectivity index (χ0) is 18.9. The maximum absolute atomic E-state index is 11.6. The lowest BCUT2D eigenvalue weighted by Crippen LogP contribution is -2.15. The lowest BCUT2D eigenvalue weighted by atomic mass is 10.0. The molecule has 1 N–H and O–H groups in total. The standard InChI is InChI=1S/C19H22N2O5/c1-3-4-5-14-6-8-15(9-7-14)11-16-20-17(26-21-16)10-13(2)19(24)25-12-18(22)23/h6-9H,2-5,10-12H2,1H3,(H,22,23). The van der Waals surface area contributed by atoms with Crippen molar-refractivity contribution in [1.29, 1.82) is 0 Å². The monoisotopic (exact) mass is 358 g/mol. The van der Waals surface area contributed by atoms with Crippen LogP contribution in [0.25, 0.3) is 0 Å². The van der Waals surface area contributed by atoms with Crippen LogP contribution in [0.3, 0.4) is 0 Å². The van der Waals surface area contributed by atoms with Crippen LogP contribution in [0.2, 0.25) is 0 Å². The Balaban J connectivity index is 1.88. The van der Waals surface area contributed by atoms with Gasteiger partial charge in [-0.2, -0.15) is 4.98 Å². The van der Waals surface area contributed by atoms with Crippen molar-refractivity contribution in [2.75, 3.05) is 6.61 Å². The normalized spacial score (nSPS) is 10.5. The third-order valence-electron chi connectivity index (χ3n) is 3.69. The number of rotatable bonds is 10. The second-order valence-corrected chi connectivity index (χ2v) is 5.95. The summed E-state index contributed by atoms with van der Waals surface area (Å²) in [5.74, 6) is -1.29. The number of hydrogen-bond acceptors (Lipinski definition) is 6. The van der Waals surface area contributed by atoms with Crippen molar-refractivity contribution in [1.82, 2.24) is 10.1 Å². The third kappa shape index (κ3) is 6.16.